The van der Waals surface area contributed by atoms with E-state index in [-0.39, 0.29) is 17.4 Å². The zero-order chi connectivity index (χ0) is 18.5. The Kier molecular flexibility index (Phi) is 5.56. The molecule has 0 saturated carbocycles. The predicted octanol–water partition coefficient (Wildman–Crippen LogP) is 5.50. The molecule has 6 heteroatoms. The summed E-state index contributed by atoms with van der Waals surface area (Å²) >= 11 is 12.0. The number of carbonyl (C=O) groups is 2. The number of amides is 2. The van der Waals surface area contributed by atoms with E-state index in [4.69, 9.17) is 23.2 Å². The molecule has 4 nitrogen and oxygen atoms in total. The lowest BCUT2D eigenvalue weighted by atomic mass is 10.2. The van der Waals surface area contributed by atoms with Crippen molar-refractivity contribution < 1.29 is 9.59 Å². The number of rotatable bonds is 4. The molecule has 0 radical (unpaired) electrons. The van der Waals surface area contributed by atoms with Crippen LogP contribution in [-0.2, 0) is 0 Å². The van der Waals surface area contributed by atoms with E-state index in [1.165, 1.54) is 6.07 Å². The molecule has 2 amide bonds. The smallest absolute Gasteiger partial charge is 0.257 e. The minimum absolute atomic E-state index is 0.230. The first kappa shape index (κ1) is 18.0. The van der Waals surface area contributed by atoms with Crippen molar-refractivity contribution in [2.24, 2.45) is 0 Å². The Morgan fingerprint density at radius 3 is 2.04 bits per heavy atom. The third kappa shape index (κ3) is 4.42. The van der Waals surface area contributed by atoms with Crippen LogP contribution >= 0.6 is 23.2 Å². The molecule has 0 heterocycles. The van der Waals surface area contributed by atoms with Gasteiger partial charge in [0.25, 0.3) is 11.8 Å². The first-order chi connectivity index (χ1) is 12.5. The molecule has 0 aromatic heterocycles. The molecule has 2 N–H and O–H groups in total. The standard InChI is InChI=1S/C20H14Cl2N2O2/c21-14-9-10-18(22)17(11-14)20(26)24-16-8-4-7-15(12-16)23-19(25)13-5-2-1-3-6-13/h1-12H,(H,23,25)(H,24,26). The van der Waals surface area contributed by atoms with Crippen LogP contribution in [0.3, 0.4) is 0 Å². The molecule has 0 aliphatic rings. The third-order valence-corrected chi connectivity index (χ3v) is 4.15. The van der Waals surface area contributed by atoms with Crippen molar-refractivity contribution >= 4 is 46.4 Å². The van der Waals surface area contributed by atoms with Crippen molar-refractivity contribution in [3.8, 4) is 0 Å². The number of hydrogen-bond donors (Lipinski definition) is 2. The molecule has 0 fully saturated rings. The monoisotopic (exact) mass is 384 g/mol. The molecule has 0 saturated heterocycles. The molecule has 26 heavy (non-hydrogen) atoms. The minimum Gasteiger partial charge on any atom is -0.322 e. The molecule has 3 aromatic rings. The molecular formula is C20H14Cl2N2O2. The van der Waals surface area contributed by atoms with Gasteiger partial charge < -0.3 is 10.6 Å². The quantitative estimate of drug-likeness (QED) is 0.623. The zero-order valence-electron chi connectivity index (χ0n) is 13.5. The molecule has 0 unspecified atom stereocenters. The summed E-state index contributed by atoms with van der Waals surface area (Å²) in [6.07, 6.45) is 0. The molecule has 3 aromatic carbocycles. The Hall–Kier alpha value is -2.82. The Balaban J connectivity index is 1.74. The van der Waals surface area contributed by atoms with E-state index < -0.39 is 0 Å². The zero-order valence-corrected chi connectivity index (χ0v) is 15.0. The topological polar surface area (TPSA) is 58.2 Å². The van der Waals surface area contributed by atoms with Crippen LogP contribution < -0.4 is 10.6 Å². The highest BCUT2D eigenvalue weighted by molar-refractivity contribution is 6.36. The van der Waals surface area contributed by atoms with Gasteiger partial charge in [-0.05, 0) is 48.5 Å². The second kappa shape index (κ2) is 8.04. The summed E-state index contributed by atoms with van der Waals surface area (Å²) in [6.45, 7) is 0. The van der Waals surface area contributed by atoms with Gasteiger partial charge in [-0.25, -0.2) is 0 Å². The van der Waals surface area contributed by atoms with Gasteiger partial charge in [-0.3, -0.25) is 9.59 Å². The van der Waals surface area contributed by atoms with Crippen LogP contribution in [0.1, 0.15) is 20.7 Å². The molecule has 0 aliphatic heterocycles. The normalized spacial score (nSPS) is 10.2. The van der Waals surface area contributed by atoms with E-state index in [1.807, 2.05) is 6.07 Å². The Morgan fingerprint density at radius 1 is 0.692 bits per heavy atom. The van der Waals surface area contributed by atoms with Gasteiger partial charge in [0.05, 0.1) is 10.6 Å². The van der Waals surface area contributed by atoms with Crippen molar-refractivity contribution in [2.75, 3.05) is 10.6 Å². The summed E-state index contributed by atoms with van der Waals surface area (Å²) in [6, 6.07) is 20.4. The van der Waals surface area contributed by atoms with E-state index in [0.717, 1.165) is 0 Å². The van der Waals surface area contributed by atoms with Gasteiger partial charge in [0.15, 0.2) is 0 Å². The lowest BCUT2D eigenvalue weighted by Gasteiger charge is -2.10. The van der Waals surface area contributed by atoms with Crippen LogP contribution in [0.2, 0.25) is 10.0 Å². The third-order valence-electron chi connectivity index (χ3n) is 3.59. The van der Waals surface area contributed by atoms with Crippen LogP contribution in [0.15, 0.2) is 72.8 Å². The maximum atomic E-state index is 12.4. The van der Waals surface area contributed by atoms with Gasteiger partial charge in [-0.15, -0.1) is 0 Å². The second-order valence-electron chi connectivity index (χ2n) is 5.48. The molecular weight excluding hydrogens is 371 g/mol. The van der Waals surface area contributed by atoms with Crippen LogP contribution in [0.25, 0.3) is 0 Å². The summed E-state index contributed by atoms with van der Waals surface area (Å²) in [5, 5.41) is 6.27. The summed E-state index contributed by atoms with van der Waals surface area (Å²) < 4.78 is 0. The highest BCUT2D eigenvalue weighted by Gasteiger charge is 2.12. The van der Waals surface area contributed by atoms with Crippen LogP contribution in [0.5, 0.6) is 0 Å². The number of halogens is 2. The Morgan fingerprint density at radius 2 is 1.35 bits per heavy atom. The summed E-state index contributed by atoms with van der Waals surface area (Å²) in [5.41, 5.74) is 1.91. The molecule has 0 aliphatic carbocycles. The van der Waals surface area contributed by atoms with E-state index in [1.54, 1.807) is 60.7 Å². The maximum absolute atomic E-state index is 12.4. The van der Waals surface area contributed by atoms with E-state index in [0.29, 0.717) is 27.0 Å². The van der Waals surface area contributed by atoms with E-state index >= 15 is 0 Å². The molecule has 3 rings (SSSR count). The van der Waals surface area contributed by atoms with Gasteiger partial charge in [-0.2, -0.15) is 0 Å². The lowest BCUT2D eigenvalue weighted by Crippen LogP contribution is -2.14. The molecule has 0 spiro atoms. The Labute approximate surface area is 160 Å². The largest absolute Gasteiger partial charge is 0.322 e. The van der Waals surface area contributed by atoms with Gasteiger partial charge in [0, 0.05) is 22.0 Å². The minimum atomic E-state index is -0.385. The van der Waals surface area contributed by atoms with Crippen LogP contribution in [0.4, 0.5) is 11.4 Å². The number of anilines is 2. The number of benzene rings is 3. The number of hydrogen-bond acceptors (Lipinski definition) is 2. The fourth-order valence-corrected chi connectivity index (χ4v) is 2.71. The highest BCUT2D eigenvalue weighted by Crippen LogP contribution is 2.23. The molecule has 130 valence electrons. The average molecular weight is 385 g/mol. The van der Waals surface area contributed by atoms with Gasteiger partial charge in [0.2, 0.25) is 0 Å². The van der Waals surface area contributed by atoms with Crippen molar-refractivity contribution in [2.45, 2.75) is 0 Å². The first-order valence-corrected chi connectivity index (χ1v) is 8.51. The van der Waals surface area contributed by atoms with Crippen molar-refractivity contribution in [1.82, 2.24) is 0 Å². The summed E-state index contributed by atoms with van der Waals surface area (Å²) in [5.74, 6) is -0.615. The Bertz CT molecular complexity index is 959. The number of nitrogens with one attached hydrogen (secondary N) is 2. The molecule has 0 atom stereocenters. The summed E-state index contributed by atoms with van der Waals surface area (Å²) in [4.78, 5) is 24.6. The predicted molar refractivity (Wildman–Crippen MR) is 105 cm³/mol. The fourth-order valence-electron chi connectivity index (χ4n) is 2.34. The van der Waals surface area contributed by atoms with Crippen molar-refractivity contribution in [1.29, 1.82) is 0 Å². The van der Waals surface area contributed by atoms with Gasteiger partial charge in [0.1, 0.15) is 0 Å². The number of carbonyl (C=O) groups excluding carboxylic acids is 2. The lowest BCUT2D eigenvalue weighted by molar-refractivity contribution is 0.101. The fraction of sp³-hybridized carbons (Fsp3) is 0. The maximum Gasteiger partial charge on any atom is 0.257 e. The summed E-state index contributed by atoms with van der Waals surface area (Å²) in [7, 11) is 0. The average Bonchev–Trinajstić information content (AvgIpc) is 2.64. The second-order valence-corrected chi connectivity index (χ2v) is 6.32. The van der Waals surface area contributed by atoms with E-state index in [9.17, 15) is 9.59 Å². The molecule has 0 bridgehead atoms. The van der Waals surface area contributed by atoms with Gasteiger partial charge in [-0.1, -0.05) is 47.5 Å². The SMILES string of the molecule is O=C(Nc1cccc(NC(=O)c2cc(Cl)ccc2Cl)c1)c1ccccc1. The highest BCUT2D eigenvalue weighted by atomic mass is 35.5. The van der Waals surface area contributed by atoms with Crippen LogP contribution in [0, 0.1) is 0 Å². The van der Waals surface area contributed by atoms with Crippen LogP contribution in [-0.4, -0.2) is 11.8 Å². The van der Waals surface area contributed by atoms with Crippen molar-refractivity contribution in [3.05, 3.63) is 94.0 Å². The van der Waals surface area contributed by atoms with Gasteiger partial charge >= 0.3 is 0 Å². The first-order valence-electron chi connectivity index (χ1n) is 7.76. The van der Waals surface area contributed by atoms with E-state index in [2.05, 4.69) is 10.6 Å². The van der Waals surface area contributed by atoms with Crippen molar-refractivity contribution in [3.63, 3.8) is 0 Å².